The van der Waals surface area contributed by atoms with Crippen LogP contribution >= 0.6 is 23.2 Å². The van der Waals surface area contributed by atoms with Crippen LogP contribution in [0.2, 0.25) is 0 Å². The fourth-order valence-electron chi connectivity index (χ4n) is 10.8. The Labute approximate surface area is 542 Å². The van der Waals surface area contributed by atoms with Gasteiger partial charge in [-0.3, -0.25) is 24.5 Å². The van der Waals surface area contributed by atoms with Gasteiger partial charge in [-0.15, -0.1) is 15.3 Å². The Morgan fingerprint density at radius 3 is 1.05 bits per heavy atom. The lowest BCUT2D eigenvalue weighted by Crippen LogP contribution is -2.61. The van der Waals surface area contributed by atoms with Crippen LogP contribution in [-0.4, -0.2) is 238 Å². The number of aliphatic hydroxyl groups is 9. The molecule has 498 valence electrons. The average molecular weight is 1350 g/mol. The highest BCUT2D eigenvalue weighted by atomic mass is 35.5. The van der Waals surface area contributed by atoms with Crippen molar-refractivity contribution < 1.29 is 92.5 Å². The molecular formula is C61H63Cl2F3N12O16. The van der Waals surface area contributed by atoms with Gasteiger partial charge in [0.1, 0.15) is 114 Å². The van der Waals surface area contributed by atoms with E-state index in [2.05, 4.69) is 36.3 Å². The van der Waals surface area contributed by atoms with Gasteiger partial charge in [0.25, 0.3) is 22.3 Å². The van der Waals surface area contributed by atoms with Gasteiger partial charge in [0.2, 0.25) is 0 Å². The van der Waals surface area contributed by atoms with Crippen LogP contribution < -0.4 is 5.32 Å². The molecule has 2 amide bonds. The summed E-state index contributed by atoms with van der Waals surface area (Å²) in [6, 6.07) is 24.9. The number of carbonyl (C=O) groups is 4. The van der Waals surface area contributed by atoms with Crippen LogP contribution in [0, 0.1) is 17.5 Å². The number of rotatable bonds is 16. The minimum Gasteiger partial charge on any atom is -0.394 e. The van der Waals surface area contributed by atoms with Crippen molar-refractivity contribution in [3.8, 4) is 33.8 Å². The summed E-state index contributed by atoms with van der Waals surface area (Å²) in [4.78, 5) is 50.7. The van der Waals surface area contributed by atoms with E-state index in [4.69, 9.17) is 37.4 Å². The van der Waals surface area contributed by atoms with Crippen LogP contribution in [0.5, 0.6) is 0 Å². The maximum Gasteiger partial charge on any atom is 0.255 e. The van der Waals surface area contributed by atoms with Gasteiger partial charge in [-0.05, 0) is 115 Å². The summed E-state index contributed by atoms with van der Waals surface area (Å²) in [5.74, 6) is -2.74. The topological polar surface area (TPSA) is 389 Å². The summed E-state index contributed by atoms with van der Waals surface area (Å²) >= 11 is 10.4. The Hall–Kier alpha value is -8.35. The van der Waals surface area contributed by atoms with Crippen LogP contribution in [0.3, 0.4) is 0 Å². The number of halogens is 5. The minimum atomic E-state index is -1.60. The second kappa shape index (κ2) is 30.8. The van der Waals surface area contributed by atoms with E-state index in [1.807, 2.05) is 0 Å². The van der Waals surface area contributed by atoms with Gasteiger partial charge in [0, 0.05) is 53.0 Å². The highest BCUT2D eigenvalue weighted by Gasteiger charge is 2.51. The van der Waals surface area contributed by atoms with Crippen molar-refractivity contribution in [1.29, 1.82) is 0 Å². The van der Waals surface area contributed by atoms with Crippen molar-refractivity contribution in [2.75, 3.05) is 41.0 Å². The molecule has 0 saturated carbocycles. The second-order valence-electron chi connectivity index (χ2n) is 21.8. The highest BCUT2D eigenvalue weighted by Crippen LogP contribution is 2.36. The number of amides is 2. The van der Waals surface area contributed by atoms with Gasteiger partial charge in [-0.25, -0.2) is 27.2 Å². The summed E-state index contributed by atoms with van der Waals surface area (Å²) in [5.41, 5.74) is 3.02. The summed E-state index contributed by atoms with van der Waals surface area (Å²) in [7, 11) is 4.27. The predicted octanol–water partition coefficient (Wildman–Crippen LogP) is 1.71. The third-order valence-electron chi connectivity index (χ3n) is 15.8. The van der Waals surface area contributed by atoms with E-state index in [-0.39, 0.29) is 22.5 Å². The van der Waals surface area contributed by atoms with E-state index in [1.165, 1.54) is 134 Å². The number of nitrogens with one attached hydrogen (secondary N) is 1. The number of benzene rings is 5. The standard InChI is InChI=1S/C38H40F2N8O10.C15H19FN4O4.C8H4Cl2O2/c1-45(37-33(53)29(31(51)27(17-49)57-37)47-15-25(41-43-47)21-5-3-7-23(39)13-21)35(55)19-9-11-20(12-10-19)36(56)46(2)38-34(54)30(32(52)28(18-50)58-38)48-16-26(42-44-48)22-6-4-8-24(40)14-22;1-17-15-14(23)12(13(22)11(7-21)24-15)20-6-10(18-19-20)8-3-2-4-9(16)5-8;9-7(11)5-1-2-6(4-3-5)8(10)12/h3-16,27-34,37-38,49-54H,17-18H2,1-2H3;2-6,11-15,17,21-23H,7H2,1H3;1-4H/t27?,28?,29-,30?,31-,32-,33?,34+,37+,38+;11?,12-,13-,14?,15?;/m00./s1. The normalized spacial score (nSPS) is 25.8. The number of hydrogen-bond acceptors (Lipinski definition) is 23. The zero-order valence-corrected chi connectivity index (χ0v) is 51.3. The SMILES string of the molecule is CN(C(=O)c1ccc(C(=O)N(C)[C@@H]2OC(CO)[C@H](O)C(n3cc(-c4cccc(F)c4)nn3)[C@H]2O)cc1)[C@@H]1OC(CO)[C@H](O)[C@H](n2cc(-c3cccc(F)c3)nn2)C1O.CNC1OC(CO)[C@H](O)[C@H](n2cc(-c3cccc(F)c3)nn2)C1O.O=C(Cl)c1ccc(C(=O)Cl)cc1. The third-order valence-corrected chi connectivity index (χ3v) is 16.3. The lowest BCUT2D eigenvalue weighted by molar-refractivity contribution is -0.235. The molecule has 10 N–H and O–H groups in total. The molecule has 0 radical (unpaired) electrons. The number of ether oxygens (including phenoxy) is 3. The quantitative estimate of drug-likeness (QED) is 0.0616. The number of nitrogens with zero attached hydrogens (tertiary/aromatic N) is 11. The first-order valence-corrected chi connectivity index (χ1v) is 29.4. The molecule has 3 aromatic heterocycles. The Kier molecular flexibility index (Phi) is 22.9. The van der Waals surface area contributed by atoms with E-state index in [0.717, 1.165) is 19.2 Å². The Morgan fingerprint density at radius 1 is 0.468 bits per heavy atom. The van der Waals surface area contributed by atoms with E-state index in [0.29, 0.717) is 33.5 Å². The molecule has 0 spiro atoms. The molecule has 5 aromatic carbocycles. The van der Waals surface area contributed by atoms with Crippen LogP contribution in [0.4, 0.5) is 13.2 Å². The van der Waals surface area contributed by atoms with E-state index >= 15 is 0 Å². The molecule has 94 heavy (non-hydrogen) atoms. The summed E-state index contributed by atoms with van der Waals surface area (Å²) in [5, 5.41) is 121. The first kappa shape index (κ1) is 70.0. The lowest BCUT2D eigenvalue weighted by atomic mass is 9.94. The smallest absolute Gasteiger partial charge is 0.255 e. The summed E-state index contributed by atoms with van der Waals surface area (Å²) < 4.78 is 61.6. The first-order valence-electron chi connectivity index (χ1n) is 28.7. The average Bonchev–Trinajstić information content (AvgIpc) is 1.31. The van der Waals surface area contributed by atoms with Crippen LogP contribution in [0.25, 0.3) is 33.8 Å². The molecule has 28 nitrogen and oxygen atoms in total. The van der Waals surface area contributed by atoms with Gasteiger partial charge < -0.3 is 70.0 Å². The molecule has 0 bridgehead atoms. The van der Waals surface area contributed by atoms with Crippen LogP contribution in [0.15, 0.2) is 140 Å². The molecule has 3 aliphatic heterocycles. The van der Waals surface area contributed by atoms with Crippen molar-refractivity contribution in [3.05, 3.63) is 180 Å². The van der Waals surface area contributed by atoms with E-state index in [9.17, 15) is 78.3 Å². The largest absolute Gasteiger partial charge is 0.394 e. The zero-order valence-electron chi connectivity index (χ0n) is 49.8. The second-order valence-corrected chi connectivity index (χ2v) is 22.5. The maximum absolute atomic E-state index is 13.9. The molecule has 3 aliphatic rings. The zero-order chi connectivity index (χ0) is 67.8. The van der Waals surface area contributed by atoms with Gasteiger partial charge in [0.05, 0.1) is 38.4 Å². The molecule has 3 fully saturated rings. The molecule has 0 aliphatic carbocycles. The molecular weight excluding hydrogens is 1280 g/mol. The molecule has 11 rings (SSSR count). The number of aromatic nitrogens is 9. The highest BCUT2D eigenvalue weighted by molar-refractivity contribution is 6.68. The fourth-order valence-corrected chi connectivity index (χ4v) is 11.1. The molecule has 33 heteroatoms. The van der Waals surface area contributed by atoms with Crippen molar-refractivity contribution in [2.45, 2.75) is 91.7 Å². The fraction of sp³-hybridized carbons (Fsp3) is 0.344. The number of likely N-dealkylation sites (N-methyl/N-ethyl adjacent to an activating group) is 3. The van der Waals surface area contributed by atoms with E-state index < -0.39 is 151 Å². The van der Waals surface area contributed by atoms with Crippen LogP contribution in [0.1, 0.15) is 59.6 Å². The predicted molar refractivity (Wildman–Crippen MR) is 323 cm³/mol. The molecule has 8 aromatic rings. The Balaban J connectivity index is 0.000000234. The number of aliphatic hydroxyl groups excluding tert-OH is 9. The molecule has 6 heterocycles. The lowest BCUT2D eigenvalue weighted by Gasteiger charge is -2.45. The Morgan fingerprint density at radius 2 is 0.766 bits per heavy atom. The van der Waals surface area contributed by atoms with Crippen molar-refractivity contribution in [2.24, 2.45) is 0 Å². The summed E-state index contributed by atoms with van der Waals surface area (Å²) in [6.45, 7) is -1.76. The van der Waals surface area contributed by atoms with Crippen molar-refractivity contribution in [3.63, 3.8) is 0 Å². The van der Waals surface area contributed by atoms with Gasteiger partial charge >= 0.3 is 0 Å². The summed E-state index contributed by atoms with van der Waals surface area (Å²) in [6.07, 6.45) is -11.2. The third kappa shape index (κ3) is 15.4. The molecule has 15 atom stereocenters. The number of carbonyl (C=O) groups excluding carboxylic acids is 4. The first-order chi connectivity index (χ1) is 45.0. The number of hydrogen-bond donors (Lipinski definition) is 10. The monoisotopic (exact) mass is 1350 g/mol. The van der Waals surface area contributed by atoms with Gasteiger partial charge in [-0.2, -0.15) is 0 Å². The Bertz CT molecular complexity index is 3710. The van der Waals surface area contributed by atoms with E-state index in [1.54, 1.807) is 31.3 Å². The molecule has 7 unspecified atom stereocenters. The van der Waals surface area contributed by atoms with Gasteiger partial charge in [0.15, 0.2) is 12.5 Å². The van der Waals surface area contributed by atoms with Crippen LogP contribution in [-0.2, 0) is 14.2 Å². The molecule has 3 saturated heterocycles. The maximum atomic E-state index is 13.9. The minimum absolute atomic E-state index is 0.0626. The van der Waals surface area contributed by atoms with Gasteiger partial charge in [-0.1, -0.05) is 52.0 Å². The van der Waals surface area contributed by atoms with Crippen molar-refractivity contribution in [1.82, 2.24) is 60.1 Å². The van der Waals surface area contributed by atoms with Crippen molar-refractivity contribution >= 4 is 45.5 Å².